The fourth-order valence-corrected chi connectivity index (χ4v) is 4.11. The SMILES string of the molecule is C/C=C/c1cnc2c(c1)C(=O)N([C@@H](C)CO)C[C@@H](C)[C@H](CN(C)Cc1cccc(C(=O)O)c1)O2. The number of likely N-dealkylation sites (N-methyl/N-ethyl adjacent to an activating group) is 1. The summed E-state index contributed by atoms with van der Waals surface area (Å²) < 4.78 is 6.30. The van der Waals surface area contributed by atoms with Crippen molar-refractivity contribution in [1.29, 1.82) is 0 Å². The highest BCUT2D eigenvalue weighted by molar-refractivity contribution is 5.97. The Morgan fingerprint density at radius 1 is 1.38 bits per heavy atom. The van der Waals surface area contributed by atoms with Crippen LogP contribution in [0.25, 0.3) is 6.08 Å². The van der Waals surface area contributed by atoms with Crippen molar-refractivity contribution in [2.75, 3.05) is 26.7 Å². The zero-order chi connectivity index (χ0) is 24.8. The van der Waals surface area contributed by atoms with Gasteiger partial charge in [0.05, 0.1) is 18.2 Å². The average molecular weight is 468 g/mol. The first-order valence-electron chi connectivity index (χ1n) is 11.5. The predicted octanol–water partition coefficient (Wildman–Crippen LogP) is 3.17. The van der Waals surface area contributed by atoms with E-state index in [4.69, 9.17) is 4.74 Å². The molecule has 182 valence electrons. The molecule has 2 aromatic rings. The lowest BCUT2D eigenvalue weighted by Crippen LogP contribution is -2.49. The molecule has 1 aromatic carbocycles. The lowest BCUT2D eigenvalue weighted by molar-refractivity contribution is 0.0325. The molecule has 0 saturated carbocycles. The molecule has 8 nitrogen and oxygen atoms in total. The molecule has 8 heteroatoms. The summed E-state index contributed by atoms with van der Waals surface area (Å²) in [5.41, 5.74) is 2.32. The normalized spacial score (nSPS) is 19.5. The molecule has 0 unspecified atom stereocenters. The molecule has 0 aliphatic carbocycles. The Morgan fingerprint density at radius 3 is 2.82 bits per heavy atom. The van der Waals surface area contributed by atoms with E-state index < -0.39 is 5.97 Å². The Hall–Kier alpha value is -3.23. The summed E-state index contributed by atoms with van der Waals surface area (Å²) in [6, 6.07) is 8.31. The van der Waals surface area contributed by atoms with Gasteiger partial charge in [0.2, 0.25) is 5.88 Å². The third-order valence-electron chi connectivity index (χ3n) is 6.02. The first-order chi connectivity index (χ1) is 16.2. The molecule has 3 atom stereocenters. The number of amides is 1. The fraction of sp³-hybridized carbons (Fsp3) is 0.423. The van der Waals surface area contributed by atoms with Crippen molar-refractivity contribution in [1.82, 2.24) is 14.8 Å². The number of carbonyl (C=O) groups excluding carboxylic acids is 1. The van der Waals surface area contributed by atoms with Gasteiger partial charge < -0.3 is 19.8 Å². The summed E-state index contributed by atoms with van der Waals surface area (Å²) in [5, 5.41) is 19.0. The van der Waals surface area contributed by atoms with Gasteiger partial charge in [0.25, 0.3) is 5.91 Å². The van der Waals surface area contributed by atoms with Crippen LogP contribution in [-0.2, 0) is 6.54 Å². The van der Waals surface area contributed by atoms with Gasteiger partial charge in [0.15, 0.2) is 0 Å². The van der Waals surface area contributed by atoms with Gasteiger partial charge >= 0.3 is 5.97 Å². The molecule has 0 fully saturated rings. The molecule has 1 aliphatic heterocycles. The van der Waals surface area contributed by atoms with Gasteiger partial charge in [-0.25, -0.2) is 9.78 Å². The standard InChI is InChI=1S/C26H33N3O5/c1-5-7-19-11-22-24(27-12-19)34-23(17(2)13-29(25(22)31)18(3)16-30)15-28(4)14-20-8-6-9-21(10-20)26(32)33/h5-12,17-18,23,30H,13-16H2,1-4H3,(H,32,33)/b7-5+/t17-,18+,23+/m1/s1. The van der Waals surface area contributed by atoms with Gasteiger partial charge in [0, 0.05) is 31.7 Å². The number of rotatable bonds is 8. The number of aromatic carboxylic acids is 1. The van der Waals surface area contributed by atoms with Crippen LogP contribution in [0.4, 0.5) is 0 Å². The van der Waals surface area contributed by atoms with Gasteiger partial charge in [-0.1, -0.05) is 31.2 Å². The molecule has 2 N–H and O–H groups in total. The highest BCUT2D eigenvalue weighted by Crippen LogP contribution is 2.28. The van der Waals surface area contributed by atoms with E-state index in [1.807, 2.05) is 46.0 Å². The van der Waals surface area contributed by atoms with Crippen LogP contribution in [0.3, 0.4) is 0 Å². The lowest BCUT2D eigenvalue weighted by Gasteiger charge is -2.37. The van der Waals surface area contributed by atoms with Crippen molar-refractivity contribution in [3.63, 3.8) is 0 Å². The number of fused-ring (bicyclic) bond motifs is 1. The highest BCUT2D eigenvalue weighted by Gasteiger charge is 2.34. The topological polar surface area (TPSA) is 103 Å². The van der Waals surface area contributed by atoms with Gasteiger partial charge in [-0.05, 0) is 50.2 Å². The largest absolute Gasteiger partial charge is 0.478 e. The Labute approximate surface area is 200 Å². The van der Waals surface area contributed by atoms with Crippen LogP contribution < -0.4 is 4.74 Å². The van der Waals surface area contributed by atoms with E-state index in [2.05, 4.69) is 9.88 Å². The summed E-state index contributed by atoms with van der Waals surface area (Å²) in [5.74, 6) is -0.911. The Kier molecular flexibility index (Phi) is 8.41. The lowest BCUT2D eigenvalue weighted by atomic mass is 9.99. The number of aliphatic hydroxyl groups excluding tert-OH is 1. The molecule has 1 amide bonds. The molecular weight excluding hydrogens is 434 g/mol. The van der Waals surface area contributed by atoms with E-state index in [0.29, 0.717) is 25.2 Å². The van der Waals surface area contributed by atoms with Crippen molar-refractivity contribution in [3.8, 4) is 5.88 Å². The van der Waals surface area contributed by atoms with Crippen molar-refractivity contribution in [2.45, 2.75) is 39.5 Å². The summed E-state index contributed by atoms with van der Waals surface area (Å²) in [7, 11) is 1.95. The number of aromatic nitrogens is 1. The molecule has 1 aromatic heterocycles. The number of allylic oxidation sites excluding steroid dienone is 1. The second-order valence-corrected chi connectivity index (χ2v) is 8.95. The molecule has 0 saturated heterocycles. The van der Waals surface area contributed by atoms with Gasteiger partial charge in [0.1, 0.15) is 11.7 Å². The average Bonchev–Trinajstić information content (AvgIpc) is 2.81. The third-order valence-corrected chi connectivity index (χ3v) is 6.02. The van der Waals surface area contributed by atoms with Crippen molar-refractivity contribution in [2.24, 2.45) is 5.92 Å². The minimum atomic E-state index is -0.954. The zero-order valence-corrected chi connectivity index (χ0v) is 20.1. The van der Waals surface area contributed by atoms with Crippen LogP contribution in [-0.4, -0.2) is 75.8 Å². The van der Waals surface area contributed by atoms with Crippen LogP contribution in [0, 0.1) is 5.92 Å². The third kappa shape index (κ3) is 6.01. The van der Waals surface area contributed by atoms with Crippen LogP contribution >= 0.6 is 0 Å². The number of hydrogen-bond donors (Lipinski definition) is 2. The van der Waals surface area contributed by atoms with Crippen molar-refractivity contribution in [3.05, 3.63) is 64.9 Å². The molecule has 3 rings (SSSR count). The molecule has 2 heterocycles. The monoisotopic (exact) mass is 467 g/mol. The van der Waals surface area contributed by atoms with Gasteiger partial charge in [-0.3, -0.25) is 9.69 Å². The minimum Gasteiger partial charge on any atom is -0.478 e. The highest BCUT2D eigenvalue weighted by atomic mass is 16.5. The Balaban J connectivity index is 1.87. The molecular formula is C26H33N3O5. The maximum Gasteiger partial charge on any atom is 0.335 e. The first-order valence-corrected chi connectivity index (χ1v) is 11.5. The fourth-order valence-electron chi connectivity index (χ4n) is 4.11. The van der Waals surface area contributed by atoms with E-state index in [-0.39, 0.29) is 42.0 Å². The number of hydrogen-bond acceptors (Lipinski definition) is 6. The van der Waals surface area contributed by atoms with Crippen LogP contribution in [0.2, 0.25) is 0 Å². The summed E-state index contributed by atoms with van der Waals surface area (Å²) in [6.07, 6.45) is 5.16. The Bertz CT molecular complexity index is 1050. The smallest absolute Gasteiger partial charge is 0.335 e. The van der Waals surface area contributed by atoms with E-state index >= 15 is 0 Å². The number of carboxylic acid groups (broad SMARTS) is 1. The number of ether oxygens (including phenoxy) is 1. The maximum atomic E-state index is 13.4. The molecule has 0 spiro atoms. The summed E-state index contributed by atoms with van der Waals surface area (Å²) in [4.78, 5) is 32.9. The number of carbonyl (C=O) groups is 2. The number of carboxylic acids is 1. The zero-order valence-electron chi connectivity index (χ0n) is 20.1. The van der Waals surface area contributed by atoms with Gasteiger partial charge in [-0.2, -0.15) is 0 Å². The second-order valence-electron chi connectivity index (χ2n) is 8.95. The van der Waals surface area contributed by atoms with Crippen molar-refractivity contribution < 1.29 is 24.5 Å². The predicted molar refractivity (Wildman–Crippen MR) is 130 cm³/mol. The summed E-state index contributed by atoms with van der Waals surface area (Å²) >= 11 is 0. The number of nitrogens with zero attached hydrogens (tertiary/aromatic N) is 3. The Morgan fingerprint density at radius 2 is 2.15 bits per heavy atom. The first kappa shape index (κ1) is 25.4. The molecule has 1 aliphatic rings. The number of aliphatic hydroxyl groups is 1. The van der Waals surface area contributed by atoms with Crippen molar-refractivity contribution >= 4 is 18.0 Å². The van der Waals surface area contributed by atoms with Crippen LogP contribution in [0.5, 0.6) is 5.88 Å². The quantitative estimate of drug-likeness (QED) is 0.615. The maximum absolute atomic E-state index is 13.4. The molecule has 0 bridgehead atoms. The van der Waals surface area contributed by atoms with Crippen LogP contribution in [0.15, 0.2) is 42.6 Å². The van der Waals surface area contributed by atoms with E-state index in [9.17, 15) is 19.8 Å². The van der Waals surface area contributed by atoms with E-state index in [1.165, 1.54) is 0 Å². The molecule has 0 radical (unpaired) electrons. The van der Waals surface area contributed by atoms with E-state index in [0.717, 1.165) is 11.1 Å². The van der Waals surface area contributed by atoms with Gasteiger partial charge in [-0.15, -0.1) is 0 Å². The molecule has 34 heavy (non-hydrogen) atoms. The van der Waals surface area contributed by atoms with E-state index in [1.54, 1.807) is 35.4 Å². The minimum absolute atomic E-state index is 0.0316. The number of pyridine rings is 1. The second kappa shape index (κ2) is 11.3. The number of benzene rings is 1. The summed E-state index contributed by atoms with van der Waals surface area (Å²) in [6.45, 7) is 7.13. The van der Waals surface area contributed by atoms with Crippen LogP contribution in [0.1, 0.15) is 52.6 Å².